The summed E-state index contributed by atoms with van der Waals surface area (Å²) in [6, 6.07) is 0. The Hall–Kier alpha value is -0.720. The fraction of sp³-hybridized carbons (Fsp3) is 0.846. The van der Waals surface area contributed by atoms with Gasteiger partial charge < -0.3 is 10.2 Å². The van der Waals surface area contributed by atoms with Gasteiger partial charge in [0, 0.05) is 25.1 Å². The number of rotatable bonds is 10. The summed E-state index contributed by atoms with van der Waals surface area (Å²) >= 11 is 1.43. The van der Waals surface area contributed by atoms with Gasteiger partial charge in [0.2, 0.25) is 0 Å². The van der Waals surface area contributed by atoms with Crippen molar-refractivity contribution in [2.45, 2.75) is 33.7 Å². The van der Waals surface area contributed by atoms with Crippen LogP contribution in [-0.2, 0) is 6.54 Å². The van der Waals surface area contributed by atoms with Crippen molar-refractivity contribution in [3.63, 3.8) is 0 Å². The van der Waals surface area contributed by atoms with Crippen LogP contribution in [0.25, 0.3) is 0 Å². The Kier molecular flexibility index (Phi) is 7.93. The van der Waals surface area contributed by atoms with E-state index in [9.17, 15) is 0 Å². The lowest BCUT2D eigenvalue weighted by molar-refractivity contribution is 0.237. The van der Waals surface area contributed by atoms with Gasteiger partial charge in [0.25, 0.3) is 0 Å². The van der Waals surface area contributed by atoms with Crippen molar-refractivity contribution < 1.29 is 0 Å². The molecule has 1 aromatic rings. The molecule has 0 atom stereocenters. The van der Waals surface area contributed by atoms with E-state index in [2.05, 4.69) is 45.5 Å². The number of nitrogens with one attached hydrogen (secondary N) is 1. The minimum Gasteiger partial charge on any atom is -0.377 e. The lowest BCUT2D eigenvalue weighted by Gasteiger charge is -2.22. The topological polar surface area (TPSA) is 44.3 Å². The molecule has 0 unspecified atom stereocenters. The standard InChI is InChI=1S/C13H27N5S/c1-5-17(6-2)9-8-10-18(7-3)11-12-13(14-4)19-16-15-12/h14H,5-11H2,1-4H3. The molecule has 1 rings (SSSR count). The Morgan fingerprint density at radius 3 is 2.26 bits per heavy atom. The van der Waals surface area contributed by atoms with Gasteiger partial charge in [-0.2, -0.15) is 0 Å². The fourth-order valence-corrected chi connectivity index (χ4v) is 2.64. The van der Waals surface area contributed by atoms with Gasteiger partial charge >= 0.3 is 0 Å². The summed E-state index contributed by atoms with van der Waals surface area (Å²) in [4.78, 5) is 4.90. The second-order valence-electron chi connectivity index (χ2n) is 4.55. The molecule has 0 aliphatic carbocycles. The van der Waals surface area contributed by atoms with Crippen LogP contribution in [0.1, 0.15) is 32.9 Å². The molecule has 5 nitrogen and oxygen atoms in total. The second-order valence-corrected chi connectivity index (χ2v) is 5.30. The maximum absolute atomic E-state index is 4.20. The van der Waals surface area contributed by atoms with Crippen molar-refractivity contribution in [2.75, 3.05) is 45.1 Å². The van der Waals surface area contributed by atoms with Crippen LogP contribution in [0.15, 0.2) is 0 Å². The number of anilines is 1. The largest absolute Gasteiger partial charge is 0.377 e. The molecule has 0 fully saturated rings. The lowest BCUT2D eigenvalue weighted by atomic mass is 10.3. The van der Waals surface area contributed by atoms with E-state index < -0.39 is 0 Å². The smallest absolute Gasteiger partial charge is 0.134 e. The molecule has 0 spiro atoms. The molecule has 0 aromatic carbocycles. The molecule has 0 saturated carbocycles. The molecule has 1 aromatic heterocycles. The molecule has 19 heavy (non-hydrogen) atoms. The number of hydrogen-bond donors (Lipinski definition) is 1. The van der Waals surface area contributed by atoms with E-state index in [1.165, 1.54) is 24.5 Å². The second kappa shape index (κ2) is 9.23. The molecule has 6 heteroatoms. The van der Waals surface area contributed by atoms with E-state index in [-0.39, 0.29) is 0 Å². The first-order valence-electron chi connectivity index (χ1n) is 7.18. The van der Waals surface area contributed by atoms with E-state index >= 15 is 0 Å². The van der Waals surface area contributed by atoms with E-state index in [1.807, 2.05) is 7.05 Å². The summed E-state index contributed by atoms with van der Waals surface area (Å²) in [6.07, 6.45) is 1.21. The third kappa shape index (κ3) is 5.42. The van der Waals surface area contributed by atoms with Gasteiger partial charge in [-0.1, -0.05) is 25.3 Å². The van der Waals surface area contributed by atoms with Crippen LogP contribution in [0, 0.1) is 0 Å². The summed E-state index contributed by atoms with van der Waals surface area (Å²) in [5.74, 6) is 0. The highest BCUT2D eigenvalue weighted by atomic mass is 32.1. The Labute approximate surface area is 121 Å². The van der Waals surface area contributed by atoms with Crippen LogP contribution in [0.3, 0.4) is 0 Å². The summed E-state index contributed by atoms with van der Waals surface area (Å²) in [7, 11) is 1.93. The van der Waals surface area contributed by atoms with Crippen molar-refractivity contribution in [1.29, 1.82) is 0 Å². The molecule has 0 saturated heterocycles. The number of nitrogens with zero attached hydrogens (tertiary/aromatic N) is 4. The van der Waals surface area contributed by atoms with Crippen LogP contribution in [0.2, 0.25) is 0 Å². The van der Waals surface area contributed by atoms with Gasteiger partial charge in [0.15, 0.2) is 0 Å². The molecular formula is C13H27N5S. The molecular weight excluding hydrogens is 258 g/mol. The zero-order valence-corrected chi connectivity index (χ0v) is 13.5. The molecule has 0 aliphatic rings. The van der Waals surface area contributed by atoms with Crippen molar-refractivity contribution in [3.05, 3.63) is 5.69 Å². The Morgan fingerprint density at radius 2 is 1.68 bits per heavy atom. The molecule has 0 bridgehead atoms. The summed E-state index contributed by atoms with van der Waals surface area (Å²) in [6.45, 7) is 13.2. The average Bonchev–Trinajstić information content (AvgIpc) is 2.89. The average molecular weight is 285 g/mol. The van der Waals surface area contributed by atoms with Crippen LogP contribution in [-0.4, -0.2) is 59.2 Å². The summed E-state index contributed by atoms with van der Waals surface area (Å²) in [5, 5.41) is 8.45. The first-order chi connectivity index (χ1) is 9.24. The van der Waals surface area contributed by atoms with Gasteiger partial charge in [-0.15, -0.1) is 5.10 Å². The minimum atomic E-state index is 0.890. The first-order valence-corrected chi connectivity index (χ1v) is 7.96. The molecule has 110 valence electrons. The molecule has 0 radical (unpaired) electrons. The maximum atomic E-state index is 4.20. The Balaban J connectivity index is 2.37. The van der Waals surface area contributed by atoms with Crippen molar-refractivity contribution in [1.82, 2.24) is 19.4 Å². The predicted octanol–water partition coefficient (Wildman–Crippen LogP) is 2.13. The van der Waals surface area contributed by atoms with E-state index in [0.717, 1.165) is 43.4 Å². The van der Waals surface area contributed by atoms with Gasteiger partial charge in [-0.3, -0.25) is 4.90 Å². The molecule has 0 aliphatic heterocycles. The van der Waals surface area contributed by atoms with Crippen LogP contribution < -0.4 is 5.32 Å². The van der Waals surface area contributed by atoms with Gasteiger partial charge in [0.05, 0.1) is 0 Å². The zero-order chi connectivity index (χ0) is 14.1. The SMILES string of the molecule is CCN(CC)CCCN(CC)Cc1nnsc1NC. The van der Waals surface area contributed by atoms with Gasteiger partial charge in [0.1, 0.15) is 10.7 Å². The predicted molar refractivity (Wildman–Crippen MR) is 82.8 cm³/mol. The van der Waals surface area contributed by atoms with E-state index in [1.54, 1.807) is 0 Å². The minimum absolute atomic E-state index is 0.890. The Morgan fingerprint density at radius 1 is 1.05 bits per heavy atom. The van der Waals surface area contributed by atoms with Crippen LogP contribution in [0.5, 0.6) is 0 Å². The highest BCUT2D eigenvalue weighted by Gasteiger charge is 2.11. The van der Waals surface area contributed by atoms with Crippen LogP contribution in [0.4, 0.5) is 5.00 Å². The quantitative estimate of drug-likeness (QED) is 0.713. The highest BCUT2D eigenvalue weighted by Crippen LogP contribution is 2.18. The normalized spacial score (nSPS) is 11.5. The third-order valence-electron chi connectivity index (χ3n) is 3.45. The zero-order valence-electron chi connectivity index (χ0n) is 12.6. The molecule has 1 heterocycles. The van der Waals surface area contributed by atoms with Gasteiger partial charge in [-0.25, -0.2) is 0 Å². The monoisotopic (exact) mass is 285 g/mol. The van der Waals surface area contributed by atoms with Crippen molar-refractivity contribution in [2.24, 2.45) is 0 Å². The van der Waals surface area contributed by atoms with Crippen LogP contribution >= 0.6 is 11.5 Å². The highest BCUT2D eigenvalue weighted by molar-refractivity contribution is 7.10. The fourth-order valence-electron chi connectivity index (χ4n) is 2.12. The van der Waals surface area contributed by atoms with E-state index in [0.29, 0.717) is 0 Å². The molecule has 1 N–H and O–H groups in total. The lowest BCUT2D eigenvalue weighted by Crippen LogP contribution is -2.30. The third-order valence-corrected chi connectivity index (χ3v) is 4.23. The van der Waals surface area contributed by atoms with Gasteiger partial charge in [-0.05, 0) is 39.1 Å². The number of aromatic nitrogens is 2. The Bertz CT molecular complexity index is 338. The summed E-state index contributed by atoms with van der Waals surface area (Å²) < 4.78 is 4.01. The van der Waals surface area contributed by atoms with E-state index in [4.69, 9.17) is 0 Å². The molecule has 0 amide bonds. The number of hydrogen-bond acceptors (Lipinski definition) is 6. The maximum Gasteiger partial charge on any atom is 0.134 e. The van der Waals surface area contributed by atoms with Crippen molar-refractivity contribution in [3.8, 4) is 0 Å². The first kappa shape index (κ1) is 16.3. The van der Waals surface area contributed by atoms with Crippen molar-refractivity contribution >= 4 is 16.5 Å². The summed E-state index contributed by atoms with van der Waals surface area (Å²) in [5.41, 5.74) is 1.07.